The minimum absolute atomic E-state index is 0.0342. The van der Waals surface area contributed by atoms with Gasteiger partial charge in [-0.3, -0.25) is 14.5 Å². The molecule has 2 aromatic carbocycles. The minimum atomic E-state index is -4.52. The second-order valence-corrected chi connectivity index (χ2v) is 9.58. The summed E-state index contributed by atoms with van der Waals surface area (Å²) >= 11 is 0. The lowest BCUT2D eigenvalue weighted by molar-refractivity contribution is -0.137. The summed E-state index contributed by atoms with van der Waals surface area (Å²) in [6.07, 6.45) is 1.17. The molecule has 1 aliphatic carbocycles. The van der Waals surface area contributed by atoms with E-state index in [9.17, 15) is 22.8 Å². The topological polar surface area (TPSA) is 61.4 Å². The Morgan fingerprint density at radius 2 is 1.71 bits per heavy atom. The molecule has 188 valence electrons. The number of alkyl halides is 3. The molecule has 0 bridgehead atoms. The molecule has 0 spiro atoms. The molecule has 0 radical (unpaired) electrons. The molecule has 1 aliphatic heterocycles. The molecule has 0 unspecified atom stereocenters. The Balaban J connectivity index is 1.16. The number of carbonyl (C=O) groups excluding carboxylic acids is 2. The first kappa shape index (κ1) is 25.2. The van der Waals surface area contributed by atoms with Gasteiger partial charge in [0.15, 0.2) is 0 Å². The van der Waals surface area contributed by atoms with Crippen molar-refractivity contribution < 1.29 is 22.8 Å². The van der Waals surface area contributed by atoms with Gasteiger partial charge in [-0.1, -0.05) is 37.3 Å². The van der Waals surface area contributed by atoms with Crippen molar-refractivity contribution in [3.63, 3.8) is 0 Å². The van der Waals surface area contributed by atoms with Gasteiger partial charge >= 0.3 is 6.18 Å². The van der Waals surface area contributed by atoms with Crippen molar-refractivity contribution in [3.05, 3.63) is 70.8 Å². The number of likely N-dealkylation sites (tertiary alicyclic amines) is 1. The van der Waals surface area contributed by atoms with Crippen LogP contribution in [0.1, 0.15) is 65.6 Å². The Kier molecular flexibility index (Phi) is 7.79. The molecule has 2 aromatic rings. The number of rotatable bonds is 7. The average Bonchev–Trinajstić information content (AvgIpc) is 2.84. The lowest BCUT2D eigenvalue weighted by Crippen LogP contribution is -2.63. The Bertz CT molecular complexity index is 1040. The van der Waals surface area contributed by atoms with E-state index in [1.54, 1.807) is 0 Å². The molecule has 2 aliphatic rings. The Morgan fingerprint density at radius 3 is 2.40 bits per heavy atom. The zero-order valence-corrected chi connectivity index (χ0v) is 19.9. The normalized spacial score (nSPS) is 21.3. The van der Waals surface area contributed by atoms with E-state index in [4.69, 9.17) is 0 Å². The van der Waals surface area contributed by atoms with Crippen LogP contribution < -0.4 is 10.6 Å². The highest BCUT2D eigenvalue weighted by atomic mass is 19.4. The van der Waals surface area contributed by atoms with Crippen LogP contribution in [0, 0.1) is 0 Å². The number of amides is 2. The van der Waals surface area contributed by atoms with Gasteiger partial charge in [0.1, 0.15) is 0 Å². The highest BCUT2D eigenvalue weighted by Crippen LogP contribution is 2.36. The molecule has 4 rings (SSSR count). The number of nitrogens with one attached hydrogen (secondary N) is 2. The first-order valence-electron chi connectivity index (χ1n) is 12.3. The summed E-state index contributed by atoms with van der Waals surface area (Å²) in [6, 6.07) is 13.6. The fraction of sp³-hybridized carbons (Fsp3) is 0.481. The lowest BCUT2D eigenvalue weighted by atomic mass is 9.80. The number of hydrogen-bond donors (Lipinski definition) is 2. The van der Waals surface area contributed by atoms with Crippen molar-refractivity contribution in [1.82, 2.24) is 15.5 Å². The van der Waals surface area contributed by atoms with Gasteiger partial charge in [0.2, 0.25) is 5.91 Å². The Labute approximate surface area is 204 Å². The van der Waals surface area contributed by atoms with Crippen LogP contribution in [0.2, 0.25) is 0 Å². The van der Waals surface area contributed by atoms with Crippen molar-refractivity contribution in [2.45, 2.75) is 63.2 Å². The molecule has 1 saturated heterocycles. The number of hydrogen-bond acceptors (Lipinski definition) is 3. The summed E-state index contributed by atoms with van der Waals surface area (Å²) in [5.74, 6) is -0.424. The third-order valence-corrected chi connectivity index (χ3v) is 7.18. The first-order valence-corrected chi connectivity index (χ1v) is 12.3. The second-order valence-electron chi connectivity index (χ2n) is 9.58. The van der Waals surface area contributed by atoms with Crippen LogP contribution in [0.3, 0.4) is 0 Å². The van der Waals surface area contributed by atoms with Crippen LogP contribution >= 0.6 is 0 Å². The first-order chi connectivity index (χ1) is 16.7. The van der Waals surface area contributed by atoms with Crippen molar-refractivity contribution in [1.29, 1.82) is 0 Å². The smallest absolute Gasteiger partial charge is 0.349 e. The number of carbonyl (C=O) groups is 2. The predicted octanol–water partition coefficient (Wildman–Crippen LogP) is 4.52. The van der Waals surface area contributed by atoms with E-state index in [-0.39, 0.29) is 24.1 Å². The maximum Gasteiger partial charge on any atom is 0.416 e. The van der Waals surface area contributed by atoms with Crippen molar-refractivity contribution in [3.8, 4) is 0 Å². The molecule has 35 heavy (non-hydrogen) atoms. The number of benzene rings is 2. The zero-order valence-electron chi connectivity index (χ0n) is 19.9. The maximum atomic E-state index is 12.8. The molecule has 5 nitrogen and oxygen atoms in total. The third-order valence-electron chi connectivity index (χ3n) is 7.18. The molecular weight excluding hydrogens is 455 g/mol. The van der Waals surface area contributed by atoms with E-state index in [2.05, 4.69) is 46.7 Å². The SMILES string of the molecule is CCc1cccc(C2CCC(N3CC(NC(=O)CNC(=O)c4cccc(C(F)(F)F)c4)C3)CC2)c1. The van der Waals surface area contributed by atoms with E-state index in [0.717, 1.165) is 44.5 Å². The van der Waals surface area contributed by atoms with Crippen LogP contribution in [-0.2, 0) is 17.4 Å². The number of halogens is 3. The highest BCUT2D eigenvalue weighted by Gasteiger charge is 2.35. The molecule has 1 heterocycles. The molecule has 2 fully saturated rings. The molecule has 0 aromatic heterocycles. The van der Waals surface area contributed by atoms with E-state index in [1.807, 2.05) is 0 Å². The molecule has 0 atom stereocenters. The summed E-state index contributed by atoms with van der Waals surface area (Å²) < 4.78 is 38.5. The Morgan fingerprint density at radius 1 is 1.00 bits per heavy atom. The van der Waals surface area contributed by atoms with E-state index >= 15 is 0 Å². The molecule has 2 N–H and O–H groups in total. The van der Waals surface area contributed by atoms with E-state index < -0.39 is 17.6 Å². The molecule has 2 amide bonds. The predicted molar refractivity (Wildman–Crippen MR) is 128 cm³/mol. The maximum absolute atomic E-state index is 12.8. The molecular formula is C27H32F3N3O2. The number of aryl methyl sites for hydroxylation is 1. The summed E-state index contributed by atoms with van der Waals surface area (Å²) in [4.78, 5) is 26.8. The Hall–Kier alpha value is -2.87. The van der Waals surface area contributed by atoms with Gasteiger partial charge in [0.05, 0.1) is 18.2 Å². The van der Waals surface area contributed by atoms with Gasteiger partial charge in [-0.05, 0) is 67.3 Å². The third kappa shape index (κ3) is 6.42. The van der Waals surface area contributed by atoms with Gasteiger partial charge in [-0.2, -0.15) is 13.2 Å². The fourth-order valence-electron chi connectivity index (χ4n) is 5.12. The largest absolute Gasteiger partial charge is 0.416 e. The summed E-state index contributed by atoms with van der Waals surface area (Å²) in [5, 5.41) is 5.30. The highest BCUT2D eigenvalue weighted by molar-refractivity contribution is 5.96. The quantitative estimate of drug-likeness (QED) is 0.604. The van der Waals surface area contributed by atoms with Gasteiger partial charge in [-0.25, -0.2) is 0 Å². The monoisotopic (exact) mass is 487 g/mol. The van der Waals surface area contributed by atoms with Crippen LogP contribution in [0.5, 0.6) is 0 Å². The minimum Gasteiger partial charge on any atom is -0.349 e. The van der Waals surface area contributed by atoms with Crippen LogP contribution in [0.15, 0.2) is 48.5 Å². The van der Waals surface area contributed by atoms with E-state index in [1.165, 1.54) is 36.1 Å². The standard InChI is InChI=1S/C27H32F3N3O2/c1-2-18-5-3-6-20(13-18)19-9-11-24(12-10-19)33-16-23(17-33)32-25(34)15-31-26(35)21-7-4-8-22(14-21)27(28,29)30/h3-8,13-14,19,23-24H,2,9-12,15-17H2,1H3,(H,31,35)(H,32,34). The van der Waals surface area contributed by atoms with Gasteiger partial charge in [0.25, 0.3) is 5.91 Å². The molecule has 8 heteroatoms. The summed E-state index contributed by atoms with van der Waals surface area (Å²) in [6.45, 7) is 3.48. The van der Waals surface area contributed by atoms with Gasteiger partial charge in [-0.15, -0.1) is 0 Å². The average molecular weight is 488 g/mol. The van der Waals surface area contributed by atoms with Gasteiger partial charge in [0, 0.05) is 24.7 Å². The second kappa shape index (κ2) is 10.8. The summed E-state index contributed by atoms with van der Waals surface area (Å²) in [7, 11) is 0. The summed E-state index contributed by atoms with van der Waals surface area (Å²) in [5.41, 5.74) is 1.81. The van der Waals surface area contributed by atoms with Crippen LogP contribution in [0.25, 0.3) is 0 Å². The zero-order chi connectivity index (χ0) is 25.0. The van der Waals surface area contributed by atoms with Crippen LogP contribution in [-0.4, -0.2) is 48.4 Å². The van der Waals surface area contributed by atoms with Crippen LogP contribution in [0.4, 0.5) is 13.2 Å². The van der Waals surface area contributed by atoms with Crippen molar-refractivity contribution >= 4 is 11.8 Å². The van der Waals surface area contributed by atoms with Crippen molar-refractivity contribution in [2.75, 3.05) is 19.6 Å². The van der Waals surface area contributed by atoms with Gasteiger partial charge < -0.3 is 10.6 Å². The van der Waals surface area contributed by atoms with Crippen molar-refractivity contribution in [2.24, 2.45) is 0 Å². The molecule has 1 saturated carbocycles. The fourth-order valence-corrected chi connectivity index (χ4v) is 5.12. The lowest BCUT2D eigenvalue weighted by Gasteiger charge is -2.46. The number of nitrogens with zero attached hydrogens (tertiary/aromatic N) is 1. The van der Waals surface area contributed by atoms with E-state index in [0.29, 0.717) is 12.0 Å².